The van der Waals surface area contributed by atoms with Crippen LogP contribution < -0.4 is 10.6 Å². The first-order chi connectivity index (χ1) is 12.9. The molecule has 2 unspecified atom stereocenters. The Morgan fingerprint density at radius 3 is 2.85 bits per heavy atom. The van der Waals surface area contributed by atoms with Crippen LogP contribution in [0, 0.1) is 0 Å². The Kier molecular flexibility index (Phi) is 4.59. The highest BCUT2D eigenvalue weighted by molar-refractivity contribution is 5.96. The van der Waals surface area contributed by atoms with Gasteiger partial charge in [-0.05, 0) is 25.0 Å². The van der Waals surface area contributed by atoms with Gasteiger partial charge in [0, 0.05) is 30.9 Å². The largest absolute Gasteiger partial charge is 0.451 e. The Morgan fingerprint density at radius 1 is 1.30 bits per heavy atom. The molecule has 2 N–H and O–H groups in total. The van der Waals surface area contributed by atoms with Crippen molar-refractivity contribution in [2.75, 3.05) is 19.6 Å². The third-order valence-corrected chi connectivity index (χ3v) is 5.13. The van der Waals surface area contributed by atoms with E-state index < -0.39 is 24.9 Å². The van der Waals surface area contributed by atoms with Crippen molar-refractivity contribution < 1.29 is 22.8 Å². The SMILES string of the molecule is O=C(NC1CCCN(C(=O)C2CC(F)(F)CN2)C1)c1cc2ccccc2o1. The maximum Gasteiger partial charge on any atom is 0.287 e. The van der Waals surface area contributed by atoms with Crippen LogP contribution in [0.25, 0.3) is 11.0 Å². The smallest absolute Gasteiger partial charge is 0.287 e. The van der Waals surface area contributed by atoms with Crippen LogP contribution >= 0.6 is 0 Å². The van der Waals surface area contributed by atoms with Crippen LogP contribution in [-0.4, -0.2) is 54.4 Å². The molecule has 1 aromatic heterocycles. The molecule has 144 valence electrons. The summed E-state index contributed by atoms with van der Waals surface area (Å²) in [5.74, 6) is -3.28. The van der Waals surface area contributed by atoms with Gasteiger partial charge in [-0.15, -0.1) is 0 Å². The van der Waals surface area contributed by atoms with Gasteiger partial charge in [0.2, 0.25) is 5.91 Å². The molecule has 27 heavy (non-hydrogen) atoms. The minimum absolute atomic E-state index is 0.219. The van der Waals surface area contributed by atoms with Crippen LogP contribution in [0.4, 0.5) is 8.78 Å². The summed E-state index contributed by atoms with van der Waals surface area (Å²) in [6, 6.07) is 7.94. The summed E-state index contributed by atoms with van der Waals surface area (Å²) < 4.78 is 32.3. The van der Waals surface area contributed by atoms with E-state index in [-0.39, 0.29) is 23.6 Å². The van der Waals surface area contributed by atoms with Crippen LogP contribution in [-0.2, 0) is 4.79 Å². The Hall–Kier alpha value is -2.48. The minimum atomic E-state index is -2.84. The molecule has 2 aliphatic heterocycles. The number of benzene rings is 1. The number of piperidine rings is 1. The van der Waals surface area contributed by atoms with Crippen molar-refractivity contribution in [2.45, 2.75) is 37.3 Å². The lowest BCUT2D eigenvalue weighted by molar-refractivity contribution is -0.135. The number of halogens is 2. The lowest BCUT2D eigenvalue weighted by atomic mass is 10.0. The van der Waals surface area contributed by atoms with Gasteiger partial charge in [0.1, 0.15) is 5.58 Å². The molecule has 0 radical (unpaired) electrons. The van der Waals surface area contributed by atoms with E-state index >= 15 is 0 Å². The van der Waals surface area contributed by atoms with Crippen LogP contribution in [0.15, 0.2) is 34.7 Å². The van der Waals surface area contributed by atoms with E-state index in [0.717, 1.165) is 11.8 Å². The van der Waals surface area contributed by atoms with Gasteiger partial charge in [0.25, 0.3) is 11.8 Å². The topological polar surface area (TPSA) is 74.6 Å². The van der Waals surface area contributed by atoms with Crippen molar-refractivity contribution >= 4 is 22.8 Å². The minimum Gasteiger partial charge on any atom is -0.451 e. The van der Waals surface area contributed by atoms with E-state index in [1.807, 2.05) is 18.2 Å². The lowest BCUT2D eigenvalue weighted by Gasteiger charge is -2.34. The Morgan fingerprint density at radius 2 is 2.11 bits per heavy atom. The van der Waals surface area contributed by atoms with Gasteiger partial charge in [-0.25, -0.2) is 8.78 Å². The average molecular weight is 377 g/mol. The Bertz CT molecular complexity index is 834. The van der Waals surface area contributed by atoms with Crippen molar-refractivity contribution in [3.05, 3.63) is 36.1 Å². The molecule has 2 amide bonds. The van der Waals surface area contributed by atoms with E-state index in [4.69, 9.17) is 4.42 Å². The zero-order chi connectivity index (χ0) is 19.0. The first-order valence-corrected chi connectivity index (χ1v) is 9.11. The first kappa shape index (κ1) is 17.9. The predicted molar refractivity (Wildman–Crippen MR) is 94.6 cm³/mol. The quantitative estimate of drug-likeness (QED) is 0.860. The number of alkyl halides is 2. The maximum atomic E-state index is 13.3. The molecule has 2 aliphatic rings. The van der Waals surface area contributed by atoms with E-state index in [0.29, 0.717) is 25.1 Å². The molecular formula is C19H21F2N3O3. The molecule has 2 saturated heterocycles. The molecule has 0 bridgehead atoms. The van der Waals surface area contributed by atoms with Gasteiger partial charge >= 0.3 is 0 Å². The van der Waals surface area contributed by atoms with E-state index in [1.54, 1.807) is 17.0 Å². The number of amides is 2. The number of hydrogen-bond donors (Lipinski definition) is 2. The third kappa shape index (κ3) is 3.80. The molecule has 6 nitrogen and oxygen atoms in total. The number of furan rings is 1. The summed E-state index contributed by atoms with van der Waals surface area (Å²) in [6.07, 6.45) is 0.961. The molecule has 8 heteroatoms. The van der Waals surface area contributed by atoms with E-state index in [9.17, 15) is 18.4 Å². The number of para-hydroxylation sites is 1. The third-order valence-electron chi connectivity index (χ3n) is 5.13. The highest BCUT2D eigenvalue weighted by Crippen LogP contribution is 2.27. The second-order valence-electron chi connectivity index (χ2n) is 7.24. The summed E-state index contributed by atoms with van der Waals surface area (Å²) in [6.45, 7) is 0.359. The molecule has 0 aliphatic carbocycles. The molecule has 1 aromatic carbocycles. The molecule has 2 atom stereocenters. The fourth-order valence-electron chi connectivity index (χ4n) is 3.76. The summed E-state index contributed by atoms with van der Waals surface area (Å²) in [7, 11) is 0. The highest BCUT2D eigenvalue weighted by Gasteiger charge is 2.44. The number of nitrogens with one attached hydrogen (secondary N) is 2. The molecule has 2 fully saturated rings. The summed E-state index contributed by atoms with van der Waals surface area (Å²) >= 11 is 0. The lowest BCUT2D eigenvalue weighted by Crippen LogP contribution is -2.53. The number of nitrogens with zero attached hydrogens (tertiary/aromatic N) is 1. The molecular weight excluding hydrogens is 356 g/mol. The zero-order valence-electron chi connectivity index (χ0n) is 14.7. The number of rotatable bonds is 3. The fourth-order valence-corrected chi connectivity index (χ4v) is 3.76. The summed E-state index contributed by atoms with van der Waals surface area (Å²) in [5, 5.41) is 6.33. The molecule has 0 spiro atoms. The molecule has 0 saturated carbocycles. The van der Waals surface area contributed by atoms with Crippen LogP contribution in [0.5, 0.6) is 0 Å². The molecule has 2 aromatic rings. The van der Waals surface area contributed by atoms with Gasteiger partial charge in [-0.3, -0.25) is 14.9 Å². The number of carbonyl (C=O) groups is 2. The highest BCUT2D eigenvalue weighted by atomic mass is 19.3. The van der Waals surface area contributed by atoms with E-state index in [1.165, 1.54) is 0 Å². The maximum absolute atomic E-state index is 13.3. The number of likely N-dealkylation sites (tertiary alicyclic amines) is 1. The van der Waals surface area contributed by atoms with Gasteiger partial charge in [-0.2, -0.15) is 0 Å². The van der Waals surface area contributed by atoms with Crippen molar-refractivity contribution in [3.8, 4) is 0 Å². The standard InChI is InChI=1S/C19H21F2N3O3/c20-19(21)9-14(22-11-19)18(26)24-7-3-5-13(10-24)23-17(25)16-8-12-4-1-2-6-15(12)27-16/h1-2,4,6,8,13-14,22H,3,5,7,9-11H2,(H,23,25). The second kappa shape index (κ2) is 6.92. The zero-order valence-corrected chi connectivity index (χ0v) is 14.7. The van der Waals surface area contributed by atoms with E-state index in [2.05, 4.69) is 10.6 Å². The van der Waals surface area contributed by atoms with Crippen LogP contribution in [0.3, 0.4) is 0 Å². The Balaban J connectivity index is 1.38. The van der Waals surface area contributed by atoms with Crippen molar-refractivity contribution in [2.24, 2.45) is 0 Å². The van der Waals surface area contributed by atoms with Gasteiger partial charge in [-0.1, -0.05) is 18.2 Å². The van der Waals surface area contributed by atoms with Gasteiger partial charge in [0.15, 0.2) is 5.76 Å². The second-order valence-corrected chi connectivity index (χ2v) is 7.24. The van der Waals surface area contributed by atoms with Crippen molar-refractivity contribution in [1.82, 2.24) is 15.5 Å². The predicted octanol–water partition coefficient (Wildman–Crippen LogP) is 2.15. The van der Waals surface area contributed by atoms with Crippen LogP contribution in [0.1, 0.15) is 29.8 Å². The van der Waals surface area contributed by atoms with Crippen LogP contribution in [0.2, 0.25) is 0 Å². The normalized spacial score (nSPS) is 24.9. The molecule has 4 rings (SSSR count). The Labute approximate surface area is 154 Å². The summed E-state index contributed by atoms with van der Waals surface area (Å²) in [4.78, 5) is 26.5. The van der Waals surface area contributed by atoms with Crippen molar-refractivity contribution in [1.29, 1.82) is 0 Å². The van der Waals surface area contributed by atoms with Crippen molar-refractivity contribution in [3.63, 3.8) is 0 Å². The fraction of sp³-hybridized carbons (Fsp3) is 0.474. The van der Waals surface area contributed by atoms with Gasteiger partial charge in [0.05, 0.1) is 12.6 Å². The number of hydrogen-bond acceptors (Lipinski definition) is 4. The number of fused-ring (bicyclic) bond motifs is 1. The average Bonchev–Trinajstić information content (AvgIpc) is 3.24. The van der Waals surface area contributed by atoms with Gasteiger partial charge < -0.3 is 14.6 Å². The monoisotopic (exact) mass is 377 g/mol. The summed E-state index contributed by atoms with van der Waals surface area (Å²) in [5.41, 5.74) is 0.635. The number of carbonyl (C=O) groups excluding carboxylic acids is 2. The first-order valence-electron chi connectivity index (χ1n) is 9.11. The molecule has 3 heterocycles.